The molecule has 0 radical (unpaired) electrons. The highest BCUT2D eigenvalue weighted by molar-refractivity contribution is 7.41. The van der Waals surface area contributed by atoms with E-state index in [0.29, 0.717) is 65.9 Å². The van der Waals surface area contributed by atoms with E-state index in [0.717, 1.165) is 12.8 Å². The molecule has 0 aromatic carbocycles. The summed E-state index contributed by atoms with van der Waals surface area (Å²) in [6.45, 7) is 11.5. The minimum atomic E-state index is -1.47. The number of carbonyl (C=O) groups excluding carboxylic acids is 1. The molecule has 0 aliphatic heterocycles. The van der Waals surface area contributed by atoms with Gasteiger partial charge in [0.2, 0.25) is 0 Å². The zero-order valence-electron chi connectivity index (χ0n) is 27.3. The number of hydrogen-bond donors (Lipinski definition) is 0. The van der Waals surface area contributed by atoms with Crippen LogP contribution in [0.1, 0.15) is 130 Å². The van der Waals surface area contributed by atoms with Crippen molar-refractivity contribution < 1.29 is 37.3 Å². The van der Waals surface area contributed by atoms with Crippen molar-refractivity contribution in [3.05, 3.63) is 0 Å². The summed E-state index contributed by atoms with van der Waals surface area (Å²) in [6.07, 6.45) is 19.0. The molecule has 0 N–H and O–H groups in total. The molecule has 0 aliphatic carbocycles. The normalized spacial score (nSPS) is 12.4. The SMILES string of the molecule is CCCCCCCCCCCCCCCCOP(OCCC#N)OCCOCCOCCOCCC(=O)OC(C)(C)C. The van der Waals surface area contributed by atoms with Crippen molar-refractivity contribution in [1.82, 2.24) is 0 Å². The van der Waals surface area contributed by atoms with Crippen molar-refractivity contribution in [3.8, 4) is 6.07 Å². The van der Waals surface area contributed by atoms with Gasteiger partial charge in [0.15, 0.2) is 0 Å². The lowest BCUT2D eigenvalue weighted by atomic mass is 10.0. The summed E-state index contributed by atoms with van der Waals surface area (Å²) >= 11 is 0. The van der Waals surface area contributed by atoms with Gasteiger partial charge in [-0.2, -0.15) is 5.26 Å². The Balaban J connectivity index is 3.62. The van der Waals surface area contributed by atoms with Crippen LogP contribution in [0.15, 0.2) is 0 Å². The number of nitrogens with zero attached hydrogens (tertiary/aromatic N) is 1. The zero-order chi connectivity index (χ0) is 31.0. The highest BCUT2D eigenvalue weighted by Crippen LogP contribution is 2.39. The van der Waals surface area contributed by atoms with Gasteiger partial charge in [0.25, 0.3) is 0 Å². The first kappa shape index (κ1) is 41.1. The largest absolute Gasteiger partial charge is 0.460 e. The van der Waals surface area contributed by atoms with Crippen LogP contribution in [-0.2, 0) is 37.3 Å². The first-order chi connectivity index (χ1) is 20.4. The van der Waals surface area contributed by atoms with Gasteiger partial charge in [-0.15, -0.1) is 0 Å². The van der Waals surface area contributed by atoms with Crippen molar-refractivity contribution in [1.29, 1.82) is 5.26 Å². The van der Waals surface area contributed by atoms with Crippen LogP contribution < -0.4 is 0 Å². The number of carbonyl (C=O) groups is 1. The predicted octanol–water partition coefficient (Wildman–Crippen LogP) is 8.44. The molecule has 10 heteroatoms. The first-order valence-electron chi connectivity index (χ1n) is 16.4. The number of rotatable bonds is 32. The Kier molecular flexibility index (Phi) is 30.9. The summed E-state index contributed by atoms with van der Waals surface area (Å²) in [7, 11) is -1.47. The average molecular weight is 620 g/mol. The van der Waals surface area contributed by atoms with E-state index in [2.05, 4.69) is 13.0 Å². The van der Waals surface area contributed by atoms with Crippen molar-refractivity contribution in [3.63, 3.8) is 0 Å². The topological polar surface area (TPSA) is 105 Å². The maximum Gasteiger partial charge on any atom is 0.332 e. The second-order valence-corrected chi connectivity index (χ2v) is 12.6. The summed E-state index contributed by atoms with van der Waals surface area (Å²) in [5.74, 6) is -0.265. The van der Waals surface area contributed by atoms with Gasteiger partial charge in [-0.1, -0.05) is 90.4 Å². The summed E-state index contributed by atoms with van der Waals surface area (Å²) in [4.78, 5) is 11.6. The Hall–Kier alpha value is -0.850. The fourth-order valence-corrected chi connectivity index (χ4v) is 4.94. The number of unbranched alkanes of at least 4 members (excludes halogenated alkanes) is 13. The Morgan fingerprint density at radius 2 is 1.02 bits per heavy atom. The Bertz CT molecular complexity index is 627. The molecule has 1 unspecified atom stereocenters. The van der Waals surface area contributed by atoms with Crippen molar-refractivity contribution >= 4 is 14.6 Å². The average Bonchev–Trinajstić information content (AvgIpc) is 2.94. The minimum Gasteiger partial charge on any atom is -0.460 e. The first-order valence-corrected chi connectivity index (χ1v) is 17.5. The molecular formula is C32H62NO8P. The van der Waals surface area contributed by atoms with Crippen molar-refractivity contribution in [2.75, 3.05) is 59.5 Å². The standard InChI is InChI=1S/C32H62NO8P/c1-5-6-7-8-9-10-11-12-13-14-15-16-17-18-22-38-42(39-23-19-21-33)40-30-29-37-28-27-36-26-25-35-24-20-31(34)41-32(2,3)4/h5-20,22-30H2,1-4H3. The lowest BCUT2D eigenvalue weighted by Crippen LogP contribution is -2.24. The van der Waals surface area contributed by atoms with E-state index < -0.39 is 14.2 Å². The molecule has 42 heavy (non-hydrogen) atoms. The molecule has 0 spiro atoms. The van der Waals surface area contributed by atoms with Crippen LogP contribution >= 0.6 is 8.60 Å². The number of ether oxygens (including phenoxy) is 4. The van der Waals surface area contributed by atoms with Crippen LogP contribution in [0.3, 0.4) is 0 Å². The summed E-state index contributed by atoms with van der Waals surface area (Å²) in [5.41, 5.74) is -0.476. The van der Waals surface area contributed by atoms with Gasteiger partial charge in [0.1, 0.15) is 5.60 Å². The van der Waals surface area contributed by atoms with Crippen LogP contribution in [0, 0.1) is 11.3 Å². The molecule has 0 aromatic heterocycles. The third-order valence-electron chi connectivity index (χ3n) is 6.14. The molecular weight excluding hydrogens is 557 g/mol. The second-order valence-electron chi connectivity index (χ2n) is 11.4. The molecule has 0 bridgehead atoms. The van der Waals surface area contributed by atoms with Gasteiger partial charge in [0, 0.05) is 0 Å². The fourth-order valence-electron chi connectivity index (χ4n) is 3.97. The smallest absolute Gasteiger partial charge is 0.332 e. The molecule has 0 heterocycles. The van der Waals surface area contributed by atoms with Gasteiger partial charge >= 0.3 is 14.6 Å². The Morgan fingerprint density at radius 1 is 0.595 bits per heavy atom. The molecule has 9 nitrogen and oxygen atoms in total. The van der Waals surface area contributed by atoms with Gasteiger partial charge in [-0.25, -0.2) is 0 Å². The van der Waals surface area contributed by atoms with Crippen LogP contribution in [0.5, 0.6) is 0 Å². The minimum absolute atomic E-state index is 0.228. The lowest BCUT2D eigenvalue weighted by molar-refractivity contribution is -0.156. The Labute approximate surface area is 258 Å². The molecule has 0 aliphatic rings. The second kappa shape index (κ2) is 31.6. The van der Waals surface area contributed by atoms with Crippen molar-refractivity contribution in [2.45, 2.75) is 136 Å². The monoisotopic (exact) mass is 619 g/mol. The Morgan fingerprint density at radius 3 is 1.52 bits per heavy atom. The molecule has 0 amide bonds. The number of nitriles is 1. The lowest BCUT2D eigenvalue weighted by Gasteiger charge is -2.19. The molecule has 0 aromatic rings. The summed E-state index contributed by atoms with van der Waals surface area (Å²) in [6, 6.07) is 2.08. The van der Waals surface area contributed by atoms with E-state index in [1.54, 1.807) is 0 Å². The van der Waals surface area contributed by atoms with E-state index in [1.807, 2.05) is 20.8 Å². The van der Waals surface area contributed by atoms with Crippen LogP contribution in [0.4, 0.5) is 0 Å². The molecule has 1 atom stereocenters. The van der Waals surface area contributed by atoms with E-state index in [4.69, 9.17) is 37.8 Å². The molecule has 0 fully saturated rings. The van der Waals surface area contributed by atoms with E-state index in [9.17, 15) is 4.79 Å². The fraction of sp³-hybridized carbons (Fsp3) is 0.938. The zero-order valence-corrected chi connectivity index (χ0v) is 28.2. The van der Waals surface area contributed by atoms with Crippen LogP contribution in [0.2, 0.25) is 0 Å². The number of esters is 1. The van der Waals surface area contributed by atoms with Gasteiger partial charge in [0.05, 0.1) is 78.4 Å². The van der Waals surface area contributed by atoms with Gasteiger partial charge < -0.3 is 32.5 Å². The summed E-state index contributed by atoms with van der Waals surface area (Å²) < 4.78 is 38.8. The maximum atomic E-state index is 11.6. The highest BCUT2D eigenvalue weighted by Gasteiger charge is 2.15. The van der Waals surface area contributed by atoms with Crippen LogP contribution in [-0.4, -0.2) is 71.0 Å². The summed E-state index contributed by atoms with van der Waals surface area (Å²) in [5, 5.41) is 8.77. The van der Waals surface area contributed by atoms with E-state index in [1.165, 1.54) is 77.0 Å². The van der Waals surface area contributed by atoms with Crippen LogP contribution in [0.25, 0.3) is 0 Å². The predicted molar refractivity (Wildman–Crippen MR) is 168 cm³/mol. The molecule has 0 saturated carbocycles. The quantitative estimate of drug-likeness (QED) is 0.0416. The van der Waals surface area contributed by atoms with E-state index in [-0.39, 0.29) is 12.4 Å². The van der Waals surface area contributed by atoms with Gasteiger partial charge in [-0.05, 0) is 27.2 Å². The molecule has 248 valence electrons. The molecule has 0 saturated heterocycles. The van der Waals surface area contributed by atoms with Gasteiger partial charge in [-0.3, -0.25) is 4.79 Å². The van der Waals surface area contributed by atoms with E-state index >= 15 is 0 Å². The highest BCUT2D eigenvalue weighted by atomic mass is 31.2. The maximum absolute atomic E-state index is 11.6. The third-order valence-corrected chi connectivity index (χ3v) is 7.32. The van der Waals surface area contributed by atoms with Crippen molar-refractivity contribution in [2.24, 2.45) is 0 Å². The third kappa shape index (κ3) is 33.6. The number of hydrogen-bond acceptors (Lipinski definition) is 9. The molecule has 0 rings (SSSR count).